The molecule has 1 aromatic heterocycles. The normalized spacial score (nSPS) is 35.9. The average molecular weight is 278 g/mol. The van der Waals surface area contributed by atoms with Gasteiger partial charge in [0.05, 0.1) is 11.9 Å². The van der Waals surface area contributed by atoms with E-state index < -0.39 is 40.4 Å². The third-order valence-corrected chi connectivity index (χ3v) is 4.27. The first-order valence-electron chi connectivity index (χ1n) is 5.05. The van der Waals surface area contributed by atoms with Crippen LogP contribution in [0.15, 0.2) is 21.9 Å². The van der Waals surface area contributed by atoms with Crippen LogP contribution in [0.25, 0.3) is 0 Å². The molecule has 0 unspecified atom stereocenters. The number of aliphatic hydroxyl groups is 3. The summed E-state index contributed by atoms with van der Waals surface area (Å²) < 4.78 is 14.8. The highest BCUT2D eigenvalue weighted by molar-refractivity contribution is 8.00. The molecule has 1 aromatic rings. The molecule has 7 nitrogen and oxygen atoms in total. The fraction of sp³-hybridized carbons (Fsp3) is 0.556. The predicted octanol–water partition coefficient (Wildman–Crippen LogP) is -1.84. The lowest BCUT2D eigenvalue weighted by Gasteiger charge is -2.24. The maximum absolute atomic E-state index is 14.0. The third kappa shape index (κ3) is 1.99. The summed E-state index contributed by atoms with van der Waals surface area (Å²) in [5.41, 5.74) is -1.55. The number of hydrogen-bond acceptors (Lipinski definition) is 6. The Bertz CT molecular complexity index is 556. The zero-order valence-electron chi connectivity index (χ0n) is 8.99. The number of thioether (sulfide) groups is 1. The van der Waals surface area contributed by atoms with Gasteiger partial charge in [0.25, 0.3) is 11.4 Å². The summed E-state index contributed by atoms with van der Waals surface area (Å²) >= 11 is 0.715. The Morgan fingerprint density at radius 1 is 1.56 bits per heavy atom. The van der Waals surface area contributed by atoms with Gasteiger partial charge in [-0.05, 0) is 0 Å². The number of alkyl halides is 1. The fourth-order valence-electron chi connectivity index (χ4n) is 1.76. The van der Waals surface area contributed by atoms with Crippen LogP contribution in [-0.4, -0.2) is 48.7 Å². The van der Waals surface area contributed by atoms with E-state index in [-0.39, 0.29) is 0 Å². The van der Waals surface area contributed by atoms with Gasteiger partial charge in [-0.2, -0.15) is 0 Å². The van der Waals surface area contributed by atoms with Crippen molar-refractivity contribution in [1.29, 1.82) is 0 Å². The van der Waals surface area contributed by atoms with E-state index in [9.17, 15) is 24.2 Å². The third-order valence-electron chi connectivity index (χ3n) is 2.70. The molecule has 2 rings (SSSR count). The van der Waals surface area contributed by atoms with Crippen LogP contribution in [0.4, 0.5) is 4.39 Å². The topological polar surface area (TPSA) is 116 Å². The molecule has 0 saturated carbocycles. The summed E-state index contributed by atoms with van der Waals surface area (Å²) in [6, 6.07) is 0.997. The second-order valence-corrected chi connectivity index (χ2v) is 5.22. The fourth-order valence-corrected chi connectivity index (χ4v) is 3.14. The van der Waals surface area contributed by atoms with E-state index in [1.54, 1.807) is 0 Å². The number of aromatic amines is 1. The van der Waals surface area contributed by atoms with Crippen molar-refractivity contribution >= 4 is 11.8 Å². The molecule has 100 valence electrons. The number of nitrogens with one attached hydrogen (secondary N) is 1. The molecule has 0 amide bonds. The Morgan fingerprint density at radius 2 is 2.22 bits per heavy atom. The second kappa shape index (κ2) is 4.50. The van der Waals surface area contributed by atoms with Gasteiger partial charge >= 0.3 is 5.69 Å². The highest BCUT2D eigenvalue weighted by Gasteiger charge is 2.56. The predicted molar refractivity (Wildman–Crippen MR) is 60.9 cm³/mol. The van der Waals surface area contributed by atoms with Gasteiger partial charge in [-0.15, -0.1) is 11.8 Å². The van der Waals surface area contributed by atoms with Crippen molar-refractivity contribution in [3.8, 4) is 0 Å². The van der Waals surface area contributed by atoms with Crippen LogP contribution < -0.4 is 11.2 Å². The summed E-state index contributed by atoms with van der Waals surface area (Å²) in [5, 5.41) is 25.6. The summed E-state index contributed by atoms with van der Waals surface area (Å²) in [4.78, 5) is 24.3. The van der Waals surface area contributed by atoms with E-state index in [1.165, 1.54) is 0 Å². The molecule has 1 aliphatic heterocycles. The standard InChI is InChI=1S/C9H11FN2O5S/c10-9(17)6(15)4(3-13)18-7(9)12-2-1-5(14)11-8(12)16/h1-2,4,6-7,13,15,17H,3H2,(H,11,14,16)/t4-,6-,7-,9-/m1/s1. The molecule has 2 heterocycles. The highest BCUT2D eigenvalue weighted by Crippen LogP contribution is 2.48. The first-order valence-corrected chi connectivity index (χ1v) is 5.99. The molecule has 4 atom stereocenters. The number of H-pyrrole nitrogens is 1. The van der Waals surface area contributed by atoms with E-state index in [1.807, 2.05) is 4.98 Å². The van der Waals surface area contributed by atoms with Crippen molar-refractivity contribution in [3.63, 3.8) is 0 Å². The van der Waals surface area contributed by atoms with Crippen LogP contribution in [0.5, 0.6) is 0 Å². The summed E-state index contributed by atoms with van der Waals surface area (Å²) in [6.07, 6.45) is -0.799. The van der Waals surface area contributed by atoms with Crippen molar-refractivity contribution in [3.05, 3.63) is 33.1 Å². The van der Waals surface area contributed by atoms with Gasteiger partial charge in [0, 0.05) is 12.3 Å². The molecule has 1 fully saturated rings. The van der Waals surface area contributed by atoms with Gasteiger partial charge in [-0.3, -0.25) is 14.3 Å². The van der Waals surface area contributed by atoms with Crippen LogP contribution in [0.3, 0.4) is 0 Å². The SMILES string of the molecule is O=c1ccn([C@@H]2S[C@H](CO)[C@@H](O)[C@]2(O)F)c(=O)[nH]1. The minimum absolute atomic E-state index is 0.549. The molecular formula is C9H11FN2O5S. The molecule has 1 aliphatic rings. The molecule has 1 saturated heterocycles. The molecule has 9 heteroatoms. The largest absolute Gasteiger partial charge is 0.395 e. The first kappa shape index (κ1) is 13.3. The summed E-state index contributed by atoms with van der Waals surface area (Å²) in [6.45, 7) is -0.549. The van der Waals surface area contributed by atoms with Crippen molar-refractivity contribution in [2.75, 3.05) is 6.61 Å². The maximum Gasteiger partial charge on any atom is 0.329 e. The van der Waals surface area contributed by atoms with Gasteiger partial charge in [-0.25, -0.2) is 9.18 Å². The van der Waals surface area contributed by atoms with E-state index in [0.29, 0.717) is 11.8 Å². The minimum atomic E-state index is -3.07. The highest BCUT2D eigenvalue weighted by atomic mass is 32.2. The van der Waals surface area contributed by atoms with Gasteiger partial charge in [-0.1, -0.05) is 0 Å². The molecule has 0 radical (unpaired) electrons. The Kier molecular flexibility index (Phi) is 3.32. The first-order chi connectivity index (χ1) is 8.37. The van der Waals surface area contributed by atoms with Crippen LogP contribution in [0.2, 0.25) is 0 Å². The van der Waals surface area contributed by atoms with E-state index in [0.717, 1.165) is 16.8 Å². The van der Waals surface area contributed by atoms with Gasteiger partial charge < -0.3 is 15.3 Å². The average Bonchev–Trinajstić information content (AvgIpc) is 2.52. The van der Waals surface area contributed by atoms with Crippen molar-refractivity contribution in [2.45, 2.75) is 22.6 Å². The summed E-state index contributed by atoms with van der Waals surface area (Å²) in [7, 11) is 0. The molecule has 0 aromatic carbocycles. The number of nitrogens with zero attached hydrogens (tertiary/aromatic N) is 1. The van der Waals surface area contributed by atoms with Gasteiger partial charge in [0.2, 0.25) is 0 Å². The molecule has 0 spiro atoms. The lowest BCUT2D eigenvalue weighted by molar-refractivity contribution is -0.173. The Labute approximate surface area is 104 Å². The van der Waals surface area contributed by atoms with E-state index in [2.05, 4.69) is 0 Å². The van der Waals surface area contributed by atoms with Crippen molar-refractivity contribution in [2.24, 2.45) is 0 Å². The van der Waals surface area contributed by atoms with E-state index in [4.69, 9.17) is 5.11 Å². The molecular weight excluding hydrogens is 267 g/mol. The summed E-state index contributed by atoms with van der Waals surface area (Å²) in [5.74, 6) is -3.07. The number of rotatable bonds is 2. The second-order valence-electron chi connectivity index (χ2n) is 3.90. The number of halogens is 1. The lowest BCUT2D eigenvalue weighted by atomic mass is 10.1. The van der Waals surface area contributed by atoms with Crippen molar-refractivity contribution in [1.82, 2.24) is 9.55 Å². The molecule has 18 heavy (non-hydrogen) atoms. The quantitative estimate of drug-likeness (QED) is 0.505. The van der Waals surface area contributed by atoms with E-state index >= 15 is 0 Å². The Balaban J connectivity index is 2.45. The van der Waals surface area contributed by atoms with Gasteiger partial charge in [0.1, 0.15) is 11.5 Å². The number of aliphatic hydroxyl groups excluding tert-OH is 2. The minimum Gasteiger partial charge on any atom is -0.395 e. The van der Waals surface area contributed by atoms with Gasteiger partial charge in [0.15, 0.2) is 0 Å². The molecule has 0 aliphatic carbocycles. The Morgan fingerprint density at radius 3 is 2.72 bits per heavy atom. The Hall–Kier alpha value is -1.16. The van der Waals surface area contributed by atoms with Crippen LogP contribution >= 0.6 is 11.8 Å². The molecule has 4 N–H and O–H groups in total. The molecule has 0 bridgehead atoms. The van der Waals surface area contributed by atoms with Crippen LogP contribution in [0, 0.1) is 0 Å². The monoisotopic (exact) mass is 278 g/mol. The van der Waals surface area contributed by atoms with Crippen molar-refractivity contribution < 1.29 is 19.7 Å². The maximum atomic E-state index is 14.0. The number of aromatic nitrogens is 2. The number of hydrogen-bond donors (Lipinski definition) is 4. The smallest absolute Gasteiger partial charge is 0.329 e. The lowest BCUT2D eigenvalue weighted by Crippen LogP contribution is -2.45. The van der Waals surface area contributed by atoms with Crippen LogP contribution in [0.1, 0.15) is 5.37 Å². The zero-order valence-corrected chi connectivity index (χ0v) is 9.80. The van der Waals surface area contributed by atoms with Crippen LogP contribution in [-0.2, 0) is 0 Å². The zero-order chi connectivity index (χ0) is 13.5.